The first kappa shape index (κ1) is 5.54. The molecule has 0 saturated heterocycles. The van der Waals surface area contributed by atoms with Gasteiger partial charge in [-0.1, -0.05) is 6.08 Å². The van der Waals surface area contributed by atoms with Gasteiger partial charge >= 0.3 is 0 Å². The van der Waals surface area contributed by atoms with Gasteiger partial charge in [0.1, 0.15) is 0 Å². The maximum atomic E-state index is 3.50. The Morgan fingerprint density at radius 2 is 2.00 bits per heavy atom. The molecule has 0 atom stereocenters. The van der Waals surface area contributed by atoms with E-state index < -0.39 is 0 Å². The molecule has 0 rings (SSSR count). The Morgan fingerprint density at radius 3 is 2.00 bits per heavy atom. The van der Waals surface area contributed by atoms with Crippen molar-refractivity contribution in [3.05, 3.63) is 19.2 Å². The summed E-state index contributed by atoms with van der Waals surface area (Å²) in [5.74, 6) is 0. The van der Waals surface area contributed by atoms with Crippen LogP contribution in [0.3, 0.4) is 0 Å². The van der Waals surface area contributed by atoms with Gasteiger partial charge in [-0.25, -0.2) is 0 Å². The largest absolute Gasteiger partial charge is 0.384 e. The fourth-order valence-corrected chi connectivity index (χ4v) is 0.211. The van der Waals surface area contributed by atoms with Crippen LogP contribution >= 0.6 is 0 Å². The highest BCUT2D eigenvalue weighted by molar-refractivity contribution is 4.80. The van der Waals surface area contributed by atoms with Crippen molar-refractivity contribution < 1.29 is 0 Å². The maximum absolute atomic E-state index is 3.50. The Balaban J connectivity index is 3.03. The van der Waals surface area contributed by atoms with E-state index in [2.05, 4.69) is 6.92 Å². The SMILES string of the molecule is [CH2]/C=C/N(C)C. The van der Waals surface area contributed by atoms with E-state index in [-0.39, 0.29) is 0 Å². The van der Waals surface area contributed by atoms with Gasteiger partial charge in [-0.3, -0.25) is 0 Å². The second kappa shape index (κ2) is 2.76. The molecule has 0 bridgehead atoms. The van der Waals surface area contributed by atoms with Crippen LogP contribution in [0.4, 0.5) is 0 Å². The summed E-state index contributed by atoms with van der Waals surface area (Å²) >= 11 is 0. The van der Waals surface area contributed by atoms with E-state index in [1.807, 2.05) is 25.2 Å². The summed E-state index contributed by atoms with van der Waals surface area (Å²) in [4.78, 5) is 1.94. The molecule has 0 amide bonds. The highest BCUT2D eigenvalue weighted by Crippen LogP contribution is 1.71. The summed E-state index contributed by atoms with van der Waals surface area (Å²) in [6.07, 6.45) is 3.64. The van der Waals surface area contributed by atoms with Crippen molar-refractivity contribution in [2.24, 2.45) is 0 Å². The van der Waals surface area contributed by atoms with Crippen LogP contribution in [0.2, 0.25) is 0 Å². The van der Waals surface area contributed by atoms with Crippen LogP contribution in [-0.4, -0.2) is 19.0 Å². The summed E-state index contributed by atoms with van der Waals surface area (Å²) in [6.45, 7) is 3.50. The molecule has 0 aliphatic heterocycles. The standard InChI is InChI=1S/C5H10N/c1-4-5-6(2)3/h4-5H,1H2,2-3H3/b5-4+. The summed E-state index contributed by atoms with van der Waals surface area (Å²) < 4.78 is 0. The van der Waals surface area contributed by atoms with Crippen LogP contribution in [0, 0.1) is 6.92 Å². The van der Waals surface area contributed by atoms with Crippen molar-refractivity contribution in [2.75, 3.05) is 14.1 Å². The zero-order valence-electron chi connectivity index (χ0n) is 4.31. The zero-order valence-corrected chi connectivity index (χ0v) is 4.31. The minimum atomic E-state index is 1.75. The van der Waals surface area contributed by atoms with E-state index in [9.17, 15) is 0 Å². The minimum Gasteiger partial charge on any atom is -0.384 e. The van der Waals surface area contributed by atoms with Crippen molar-refractivity contribution in [3.63, 3.8) is 0 Å². The van der Waals surface area contributed by atoms with Crippen LogP contribution in [0.5, 0.6) is 0 Å². The Morgan fingerprint density at radius 1 is 1.50 bits per heavy atom. The van der Waals surface area contributed by atoms with Crippen molar-refractivity contribution in [2.45, 2.75) is 0 Å². The van der Waals surface area contributed by atoms with Crippen LogP contribution in [0.1, 0.15) is 0 Å². The van der Waals surface area contributed by atoms with E-state index >= 15 is 0 Å². The van der Waals surface area contributed by atoms with Gasteiger partial charge in [-0.05, 0) is 13.1 Å². The van der Waals surface area contributed by atoms with E-state index in [0.717, 1.165) is 0 Å². The average Bonchev–Trinajstić information content (AvgIpc) is 1.35. The lowest BCUT2D eigenvalue weighted by atomic mass is 10.7. The smallest absolute Gasteiger partial charge is 0.00555 e. The van der Waals surface area contributed by atoms with Gasteiger partial charge in [0.05, 0.1) is 0 Å². The predicted molar refractivity (Wildman–Crippen MR) is 28.2 cm³/mol. The fourth-order valence-electron chi connectivity index (χ4n) is 0.211. The molecule has 0 unspecified atom stereocenters. The molecule has 1 heteroatoms. The molecular weight excluding hydrogens is 74.1 g/mol. The summed E-state index contributed by atoms with van der Waals surface area (Å²) in [5, 5.41) is 0. The van der Waals surface area contributed by atoms with Crippen LogP contribution < -0.4 is 0 Å². The fraction of sp³-hybridized carbons (Fsp3) is 0.400. The lowest BCUT2D eigenvalue weighted by Gasteiger charge is -1.99. The third kappa shape index (κ3) is 3.54. The second-order valence-corrected chi connectivity index (χ2v) is 1.35. The molecule has 0 spiro atoms. The third-order valence-corrected chi connectivity index (χ3v) is 0.404. The Bertz CT molecular complexity index is 45.9. The molecule has 0 aliphatic carbocycles. The van der Waals surface area contributed by atoms with Crippen molar-refractivity contribution in [1.82, 2.24) is 4.90 Å². The number of rotatable bonds is 1. The molecular formula is C5H10N. The molecule has 0 heterocycles. The molecule has 1 nitrogen and oxygen atoms in total. The monoisotopic (exact) mass is 84.1 g/mol. The number of hydrogen-bond donors (Lipinski definition) is 0. The molecule has 0 fully saturated rings. The molecule has 6 heavy (non-hydrogen) atoms. The Kier molecular flexibility index (Phi) is 2.55. The molecule has 0 aromatic rings. The quantitative estimate of drug-likeness (QED) is 0.456. The van der Waals surface area contributed by atoms with Crippen LogP contribution in [0.15, 0.2) is 12.3 Å². The molecule has 0 aromatic carbocycles. The molecule has 0 aromatic heterocycles. The van der Waals surface area contributed by atoms with Crippen LogP contribution in [0.25, 0.3) is 0 Å². The van der Waals surface area contributed by atoms with E-state index in [0.29, 0.717) is 0 Å². The lowest BCUT2D eigenvalue weighted by Crippen LogP contribution is -1.98. The van der Waals surface area contributed by atoms with Crippen molar-refractivity contribution in [3.8, 4) is 0 Å². The highest BCUT2D eigenvalue weighted by atomic mass is 15.0. The average molecular weight is 84.1 g/mol. The molecule has 0 saturated carbocycles. The highest BCUT2D eigenvalue weighted by Gasteiger charge is 1.66. The van der Waals surface area contributed by atoms with Gasteiger partial charge in [0, 0.05) is 14.1 Å². The van der Waals surface area contributed by atoms with Gasteiger partial charge in [-0.2, -0.15) is 0 Å². The summed E-state index contributed by atoms with van der Waals surface area (Å²) in [5.41, 5.74) is 0. The second-order valence-electron chi connectivity index (χ2n) is 1.35. The molecule has 0 aliphatic rings. The normalized spacial score (nSPS) is 9.83. The number of nitrogens with zero attached hydrogens (tertiary/aromatic N) is 1. The maximum Gasteiger partial charge on any atom is 0.00555 e. The molecule has 35 valence electrons. The Hall–Kier alpha value is -0.460. The van der Waals surface area contributed by atoms with Gasteiger partial charge in [0.25, 0.3) is 0 Å². The van der Waals surface area contributed by atoms with Crippen molar-refractivity contribution in [1.29, 1.82) is 0 Å². The summed E-state index contributed by atoms with van der Waals surface area (Å²) in [7, 11) is 3.92. The third-order valence-electron chi connectivity index (χ3n) is 0.404. The first-order valence-electron chi connectivity index (χ1n) is 1.89. The predicted octanol–water partition coefficient (Wildman–Crippen LogP) is 0.896. The first-order valence-corrected chi connectivity index (χ1v) is 1.89. The zero-order chi connectivity index (χ0) is 4.99. The lowest BCUT2D eigenvalue weighted by molar-refractivity contribution is 0.564. The van der Waals surface area contributed by atoms with Gasteiger partial charge in [0.2, 0.25) is 0 Å². The Labute approximate surface area is 39.3 Å². The number of allylic oxidation sites excluding steroid dienone is 1. The minimum absolute atomic E-state index is 1.75. The van der Waals surface area contributed by atoms with E-state index in [4.69, 9.17) is 0 Å². The van der Waals surface area contributed by atoms with Gasteiger partial charge in [-0.15, -0.1) is 0 Å². The topological polar surface area (TPSA) is 3.24 Å². The molecule has 1 radical (unpaired) electrons. The molecule has 0 N–H and O–H groups in total. The number of hydrogen-bond acceptors (Lipinski definition) is 1. The first-order chi connectivity index (χ1) is 2.77. The summed E-state index contributed by atoms with van der Waals surface area (Å²) in [6, 6.07) is 0. The van der Waals surface area contributed by atoms with Gasteiger partial charge < -0.3 is 4.90 Å². The van der Waals surface area contributed by atoms with Gasteiger partial charge in [0.15, 0.2) is 0 Å². The van der Waals surface area contributed by atoms with E-state index in [1.54, 1.807) is 6.08 Å². The van der Waals surface area contributed by atoms with E-state index in [1.165, 1.54) is 0 Å². The van der Waals surface area contributed by atoms with Crippen molar-refractivity contribution >= 4 is 0 Å². The van der Waals surface area contributed by atoms with Crippen LogP contribution in [-0.2, 0) is 0 Å².